The van der Waals surface area contributed by atoms with Gasteiger partial charge in [-0.2, -0.15) is 0 Å². The van der Waals surface area contributed by atoms with Crippen LogP contribution in [-0.2, 0) is 12.8 Å². The molecule has 0 atom stereocenters. The van der Waals surface area contributed by atoms with Gasteiger partial charge in [-0.1, -0.05) is 79.4 Å². The Balaban J connectivity index is 1.85. The summed E-state index contributed by atoms with van der Waals surface area (Å²) in [6, 6.07) is 19.1. The zero-order chi connectivity index (χ0) is 13.5. The Morgan fingerprint density at radius 3 is 2.21 bits per heavy atom. The zero-order valence-corrected chi connectivity index (χ0v) is 11.3. The van der Waals surface area contributed by atoms with Crippen LogP contribution < -0.4 is 0 Å². The van der Waals surface area contributed by atoms with E-state index >= 15 is 0 Å². The number of benzene rings is 2. The summed E-state index contributed by atoms with van der Waals surface area (Å²) in [5.41, 5.74) is 5.16. The minimum Gasteiger partial charge on any atom is -0.0995 e. The van der Waals surface area contributed by atoms with Crippen molar-refractivity contribution >= 4 is 6.08 Å². The predicted molar refractivity (Wildman–Crippen MR) is 84.1 cm³/mol. The van der Waals surface area contributed by atoms with Gasteiger partial charge in [0.25, 0.3) is 0 Å². The van der Waals surface area contributed by atoms with Gasteiger partial charge in [-0.25, -0.2) is 0 Å². The van der Waals surface area contributed by atoms with Crippen LogP contribution >= 0.6 is 0 Å². The quantitative estimate of drug-likeness (QED) is 0.627. The SMILES string of the molecule is C=Cc1ccc(CC(=C)CCc2ccccc2)cc1. The van der Waals surface area contributed by atoms with E-state index in [9.17, 15) is 0 Å². The maximum Gasteiger partial charge on any atom is -0.00697 e. The van der Waals surface area contributed by atoms with Gasteiger partial charge in [0.1, 0.15) is 0 Å². The Hall–Kier alpha value is -2.08. The molecule has 2 aromatic rings. The molecule has 0 aromatic heterocycles. The standard InChI is InChI=1S/C19H20/c1-3-17-11-13-19(14-12-17)15-16(2)9-10-18-7-5-4-6-8-18/h3-8,11-14H,1-2,9-10,15H2. The lowest BCUT2D eigenvalue weighted by molar-refractivity contribution is 0.904. The van der Waals surface area contributed by atoms with E-state index in [0.29, 0.717) is 0 Å². The van der Waals surface area contributed by atoms with Gasteiger partial charge in [0.15, 0.2) is 0 Å². The van der Waals surface area contributed by atoms with Gasteiger partial charge >= 0.3 is 0 Å². The van der Waals surface area contributed by atoms with Crippen molar-refractivity contribution in [3.8, 4) is 0 Å². The van der Waals surface area contributed by atoms with Gasteiger partial charge in [0.2, 0.25) is 0 Å². The van der Waals surface area contributed by atoms with Gasteiger partial charge in [0.05, 0.1) is 0 Å². The summed E-state index contributed by atoms with van der Waals surface area (Å²) in [5, 5.41) is 0. The molecule has 0 heterocycles. The summed E-state index contributed by atoms with van der Waals surface area (Å²) in [6.07, 6.45) is 4.95. The highest BCUT2D eigenvalue weighted by atomic mass is 14.0. The van der Waals surface area contributed by atoms with Crippen molar-refractivity contribution in [1.82, 2.24) is 0 Å². The summed E-state index contributed by atoms with van der Waals surface area (Å²) in [5.74, 6) is 0. The molecule has 0 spiro atoms. The molecule has 0 amide bonds. The number of rotatable bonds is 6. The average molecular weight is 248 g/mol. The first kappa shape index (κ1) is 13.4. The zero-order valence-electron chi connectivity index (χ0n) is 11.3. The lowest BCUT2D eigenvalue weighted by Crippen LogP contribution is -1.93. The third-order valence-electron chi connectivity index (χ3n) is 3.28. The Morgan fingerprint density at radius 1 is 0.895 bits per heavy atom. The van der Waals surface area contributed by atoms with E-state index in [-0.39, 0.29) is 0 Å². The van der Waals surface area contributed by atoms with E-state index < -0.39 is 0 Å². The number of hydrogen-bond acceptors (Lipinski definition) is 0. The molecule has 2 rings (SSSR count). The summed E-state index contributed by atoms with van der Waals surface area (Å²) in [6.45, 7) is 7.95. The maximum absolute atomic E-state index is 4.19. The van der Waals surface area contributed by atoms with E-state index in [1.807, 2.05) is 6.08 Å². The van der Waals surface area contributed by atoms with Crippen molar-refractivity contribution in [2.75, 3.05) is 0 Å². The van der Waals surface area contributed by atoms with Crippen molar-refractivity contribution in [2.45, 2.75) is 19.3 Å². The molecule has 0 nitrogen and oxygen atoms in total. The Labute approximate surface area is 116 Å². The van der Waals surface area contributed by atoms with Gasteiger partial charge < -0.3 is 0 Å². The second-order valence-electron chi connectivity index (χ2n) is 4.86. The minimum absolute atomic E-state index is 0.963. The van der Waals surface area contributed by atoms with E-state index in [0.717, 1.165) is 19.3 Å². The Morgan fingerprint density at radius 2 is 1.58 bits per heavy atom. The van der Waals surface area contributed by atoms with Gasteiger partial charge in [-0.05, 0) is 36.0 Å². The highest BCUT2D eigenvalue weighted by molar-refractivity contribution is 5.47. The number of hydrogen-bond donors (Lipinski definition) is 0. The fraction of sp³-hybridized carbons (Fsp3) is 0.158. The summed E-state index contributed by atoms with van der Waals surface area (Å²) in [4.78, 5) is 0. The topological polar surface area (TPSA) is 0 Å². The fourth-order valence-corrected chi connectivity index (χ4v) is 2.11. The molecule has 0 N–H and O–H groups in total. The monoisotopic (exact) mass is 248 g/mol. The van der Waals surface area contributed by atoms with Gasteiger partial charge in [-0.3, -0.25) is 0 Å². The van der Waals surface area contributed by atoms with Crippen molar-refractivity contribution in [2.24, 2.45) is 0 Å². The van der Waals surface area contributed by atoms with Gasteiger partial charge in [-0.15, -0.1) is 0 Å². The smallest absolute Gasteiger partial charge is 0.00697 e. The van der Waals surface area contributed by atoms with Crippen LogP contribution in [0, 0.1) is 0 Å². The summed E-state index contributed by atoms with van der Waals surface area (Å²) < 4.78 is 0. The van der Waals surface area contributed by atoms with Crippen LogP contribution in [-0.4, -0.2) is 0 Å². The average Bonchev–Trinajstić information content (AvgIpc) is 2.47. The highest BCUT2D eigenvalue weighted by Crippen LogP contribution is 2.14. The van der Waals surface area contributed by atoms with Crippen LogP contribution in [0.25, 0.3) is 6.08 Å². The fourth-order valence-electron chi connectivity index (χ4n) is 2.11. The highest BCUT2D eigenvalue weighted by Gasteiger charge is 1.99. The molecule has 0 saturated heterocycles. The van der Waals surface area contributed by atoms with E-state index in [2.05, 4.69) is 67.8 Å². The molecule has 96 valence electrons. The molecule has 0 aliphatic carbocycles. The first-order chi connectivity index (χ1) is 9.28. The largest absolute Gasteiger partial charge is 0.0995 e. The number of aryl methyl sites for hydroxylation is 1. The lowest BCUT2D eigenvalue weighted by Gasteiger charge is -2.06. The number of allylic oxidation sites excluding steroid dienone is 1. The molecular formula is C19H20. The van der Waals surface area contributed by atoms with Crippen LogP contribution in [0.4, 0.5) is 0 Å². The summed E-state index contributed by atoms with van der Waals surface area (Å²) in [7, 11) is 0. The van der Waals surface area contributed by atoms with Crippen LogP contribution in [0.5, 0.6) is 0 Å². The van der Waals surface area contributed by atoms with Crippen LogP contribution in [0.15, 0.2) is 73.3 Å². The molecule has 0 saturated carbocycles. The first-order valence-electron chi connectivity index (χ1n) is 6.70. The summed E-state index contributed by atoms with van der Waals surface area (Å²) >= 11 is 0. The minimum atomic E-state index is 0.963. The van der Waals surface area contributed by atoms with E-state index in [1.54, 1.807) is 0 Å². The van der Waals surface area contributed by atoms with Crippen molar-refractivity contribution in [3.05, 3.63) is 90.0 Å². The second-order valence-corrected chi connectivity index (χ2v) is 4.86. The molecule has 0 fully saturated rings. The third-order valence-corrected chi connectivity index (χ3v) is 3.28. The van der Waals surface area contributed by atoms with E-state index in [1.165, 1.54) is 22.3 Å². The molecule has 0 bridgehead atoms. The molecular weight excluding hydrogens is 228 g/mol. The Kier molecular flexibility index (Phi) is 4.74. The second kappa shape index (κ2) is 6.75. The van der Waals surface area contributed by atoms with Gasteiger partial charge in [0, 0.05) is 0 Å². The van der Waals surface area contributed by atoms with E-state index in [4.69, 9.17) is 0 Å². The first-order valence-corrected chi connectivity index (χ1v) is 6.70. The molecule has 0 unspecified atom stereocenters. The Bertz CT molecular complexity index is 532. The molecule has 19 heavy (non-hydrogen) atoms. The molecule has 0 heteroatoms. The molecule has 0 aliphatic rings. The lowest BCUT2D eigenvalue weighted by atomic mass is 9.99. The van der Waals surface area contributed by atoms with Crippen molar-refractivity contribution in [1.29, 1.82) is 0 Å². The molecule has 0 radical (unpaired) electrons. The maximum atomic E-state index is 4.19. The predicted octanol–water partition coefficient (Wildman–Crippen LogP) is 5.06. The van der Waals surface area contributed by atoms with Crippen molar-refractivity contribution < 1.29 is 0 Å². The molecule has 2 aromatic carbocycles. The van der Waals surface area contributed by atoms with Crippen LogP contribution in [0.3, 0.4) is 0 Å². The van der Waals surface area contributed by atoms with Crippen LogP contribution in [0.1, 0.15) is 23.1 Å². The van der Waals surface area contributed by atoms with Crippen LogP contribution in [0.2, 0.25) is 0 Å². The third kappa shape index (κ3) is 4.26. The van der Waals surface area contributed by atoms with Crippen molar-refractivity contribution in [3.63, 3.8) is 0 Å². The molecule has 0 aliphatic heterocycles. The normalized spacial score (nSPS) is 10.1.